The van der Waals surface area contributed by atoms with E-state index in [1.165, 1.54) is 5.48 Å². The SMILES string of the molecule is C[C@@H](NCC(=O)Nc1ccc(CCc2ccc(C(=O)N[C@@H](CN)C(=O)NO)cc2)cc1)c1ccccc1. The van der Waals surface area contributed by atoms with E-state index in [-0.39, 0.29) is 25.0 Å². The Hall–Kier alpha value is -4.05. The van der Waals surface area contributed by atoms with Crippen molar-refractivity contribution >= 4 is 23.4 Å². The largest absolute Gasteiger partial charge is 0.339 e. The summed E-state index contributed by atoms with van der Waals surface area (Å²) in [6.45, 7) is 2.10. The van der Waals surface area contributed by atoms with Crippen LogP contribution in [0.4, 0.5) is 5.69 Å². The number of carbonyl (C=O) groups excluding carboxylic acids is 3. The molecule has 3 aromatic rings. The molecule has 0 aliphatic rings. The Labute approximate surface area is 216 Å². The molecule has 7 N–H and O–H groups in total. The minimum Gasteiger partial charge on any atom is -0.339 e. The Bertz CT molecular complexity index is 1170. The van der Waals surface area contributed by atoms with Gasteiger partial charge in [0.05, 0.1) is 6.54 Å². The topological polar surface area (TPSA) is 146 Å². The highest BCUT2D eigenvalue weighted by Gasteiger charge is 2.19. The van der Waals surface area contributed by atoms with Crippen LogP contribution >= 0.6 is 0 Å². The molecule has 3 amide bonds. The van der Waals surface area contributed by atoms with Gasteiger partial charge in [0, 0.05) is 23.8 Å². The van der Waals surface area contributed by atoms with E-state index >= 15 is 0 Å². The van der Waals surface area contributed by atoms with Gasteiger partial charge < -0.3 is 21.7 Å². The number of nitrogens with two attached hydrogens (primary N) is 1. The molecule has 0 saturated heterocycles. The van der Waals surface area contributed by atoms with Gasteiger partial charge in [0.25, 0.3) is 11.8 Å². The lowest BCUT2D eigenvalue weighted by molar-refractivity contribution is -0.130. The molecule has 0 spiro atoms. The van der Waals surface area contributed by atoms with Crippen molar-refractivity contribution in [2.75, 3.05) is 18.4 Å². The summed E-state index contributed by atoms with van der Waals surface area (Å²) in [6, 6.07) is 23.9. The van der Waals surface area contributed by atoms with Crippen LogP contribution in [0.15, 0.2) is 78.9 Å². The average Bonchev–Trinajstić information content (AvgIpc) is 2.94. The number of hydrogen-bond acceptors (Lipinski definition) is 6. The summed E-state index contributed by atoms with van der Waals surface area (Å²) < 4.78 is 0. The summed E-state index contributed by atoms with van der Waals surface area (Å²) in [7, 11) is 0. The van der Waals surface area contributed by atoms with Gasteiger partial charge in [-0.05, 0) is 60.7 Å². The van der Waals surface area contributed by atoms with Crippen LogP contribution in [0.25, 0.3) is 0 Å². The van der Waals surface area contributed by atoms with E-state index in [4.69, 9.17) is 10.9 Å². The Kier molecular flexibility index (Phi) is 10.3. The molecule has 0 bridgehead atoms. The summed E-state index contributed by atoms with van der Waals surface area (Å²) in [5, 5.41) is 17.3. The molecule has 0 saturated carbocycles. The van der Waals surface area contributed by atoms with Crippen LogP contribution < -0.4 is 27.2 Å². The number of rotatable bonds is 12. The molecule has 0 fully saturated rings. The summed E-state index contributed by atoms with van der Waals surface area (Å²) in [6.07, 6.45) is 1.56. The van der Waals surface area contributed by atoms with Crippen LogP contribution in [0.5, 0.6) is 0 Å². The maximum absolute atomic E-state index is 12.3. The van der Waals surface area contributed by atoms with Crippen molar-refractivity contribution in [1.82, 2.24) is 16.1 Å². The number of benzene rings is 3. The third-order valence-corrected chi connectivity index (χ3v) is 5.99. The molecule has 0 unspecified atom stereocenters. The normalized spacial score (nSPS) is 12.3. The van der Waals surface area contributed by atoms with Gasteiger partial charge in [-0.15, -0.1) is 0 Å². The number of hydroxylamine groups is 1. The monoisotopic (exact) mass is 503 g/mol. The van der Waals surface area contributed by atoms with E-state index in [9.17, 15) is 14.4 Å². The lowest BCUT2D eigenvalue weighted by Crippen LogP contribution is -2.50. The summed E-state index contributed by atoms with van der Waals surface area (Å²) in [4.78, 5) is 36.1. The highest BCUT2D eigenvalue weighted by atomic mass is 16.5. The number of amides is 3. The van der Waals surface area contributed by atoms with Gasteiger partial charge in [-0.1, -0.05) is 54.6 Å². The molecule has 3 aromatic carbocycles. The molecular weight excluding hydrogens is 470 g/mol. The highest BCUT2D eigenvalue weighted by molar-refractivity contribution is 5.97. The van der Waals surface area contributed by atoms with Crippen molar-refractivity contribution in [2.24, 2.45) is 5.73 Å². The van der Waals surface area contributed by atoms with E-state index in [1.807, 2.05) is 73.7 Å². The molecule has 9 nitrogen and oxygen atoms in total. The van der Waals surface area contributed by atoms with Gasteiger partial charge >= 0.3 is 0 Å². The lowest BCUT2D eigenvalue weighted by Gasteiger charge is -2.14. The first-order chi connectivity index (χ1) is 17.9. The number of aryl methyl sites for hydroxylation is 2. The van der Waals surface area contributed by atoms with Crippen molar-refractivity contribution in [3.8, 4) is 0 Å². The predicted molar refractivity (Wildman–Crippen MR) is 142 cm³/mol. The standard InChI is InChI=1S/C28H33N5O4/c1-19(22-5-3-2-4-6-22)30-18-26(34)31-24-15-11-21(12-16-24)8-7-20-9-13-23(14-10-20)27(35)32-25(17-29)28(36)33-37/h2-6,9-16,19,25,30,37H,7-8,17-18,29H2,1H3,(H,31,34)(H,32,35)(H,33,36)/t19-,25+/m1/s1. The number of hydrogen-bond donors (Lipinski definition) is 6. The molecule has 2 atom stereocenters. The van der Waals surface area contributed by atoms with Gasteiger partial charge in [-0.25, -0.2) is 5.48 Å². The van der Waals surface area contributed by atoms with Crippen molar-refractivity contribution in [3.05, 3.63) is 101 Å². The van der Waals surface area contributed by atoms with Gasteiger partial charge in [0.1, 0.15) is 6.04 Å². The van der Waals surface area contributed by atoms with Crippen molar-refractivity contribution in [2.45, 2.75) is 31.8 Å². The number of nitrogens with one attached hydrogen (secondary N) is 4. The molecule has 37 heavy (non-hydrogen) atoms. The minimum absolute atomic E-state index is 0.0772. The molecule has 9 heteroatoms. The van der Waals surface area contributed by atoms with Crippen LogP contribution in [0, 0.1) is 0 Å². The van der Waals surface area contributed by atoms with Crippen LogP contribution in [0.3, 0.4) is 0 Å². The van der Waals surface area contributed by atoms with E-state index in [1.54, 1.807) is 12.1 Å². The van der Waals surface area contributed by atoms with Gasteiger partial charge in [-0.2, -0.15) is 0 Å². The average molecular weight is 504 g/mol. The Balaban J connectivity index is 1.44. The zero-order valence-electron chi connectivity index (χ0n) is 20.7. The molecule has 0 heterocycles. The second-order valence-electron chi connectivity index (χ2n) is 8.69. The quantitative estimate of drug-likeness (QED) is 0.165. The fourth-order valence-electron chi connectivity index (χ4n) is 3.73. The van der Waals surface area contributed by atoms with E-state index in [2.05, 4.69) is 16.0 Å². The minimum atomic E-state index is -1.01. The van der Waals surface area contributed by atoms with Crippen LogP contribution in [-0.4, -0.2) is 42.1 Å². The molecule has 0 aromatic heterocycles. The Morgan fingerprint density at radius 2 is 1.46 bits per heavy atom. The lowest BCUT2D eigenvalue weighted by atomic mass is 10.0. The van der Waals surface area contributed by atoms with Crippen LogP contribution in [0.2, 0.25) is 0 Å². The first kappa shape index (κ1) is 27.5. The van der Waals surface area contributed by atoms with Crippen molar-refractivity contribution in [3.63, 3.8) is 0 Å². The summed E-state index contributed by atoms with van der Waals surface area (Å²) >= 11 is 0. The van der Waals surface area contributed by atoms with Crippen LogP contribution in [0.1, 0.15) is 40.0 Å². The summed E-state index contributed by atoms with van der Waals surface area (Å²) in [5.74, 6) is -1.32. The van der Waals surface area contributed by atoms with Gasteiger partial charge in [0.15, 0.2) is 0 Å². The highest BCUT2D eigenvalue weighted by Crippen LogP contribution is 2.14. The van der Waals surface area contributed by atoms with E-state index in [0.29, 0.717) is 5.56 Å². The van der Waals surface area contributed by atoms with Gasteiger partial charge in [-0.3, -0.25) is 19.6 Å². The molecule has 0 aliphatic carbocycles. The third kappa shape index (κ3) is 8.53. The zero-order chi connectivity index (χ0) is 26.6. The number of anilines is 1. The first-order valence-corrected chi connectivity index (χ1v) is 12.1. The van der Waals surface area contributed by atoms with E-state index < -0.39 is 17.9 Å². The zero-order valence-corrected chi connectivity index (χ0v) is 20.7. The Morgan fingerprint density at radius 3 is 2.03 bits per heavy atom. The van der Waals surface area contributed by atoms with Crippen molar-refractivity contribution < 1.29 is 19.6 Å². The Morgan fingerprint density at radius 1 is 0.865 bits per heavy atom. The fourth-order valence-corrected chi connectivity index (χ4v) is 3.73. The molecule has 0 aliphatic heterocycles. The first-order valence-electron chi connectivity index (χ1n) is 12.1. The maximum Gasteiger partial charge on any atom is 0.267 e. The second-order valence-corrected chi connectivity index (χ2v) is 8.69. The molecule has 0 radical (unpaired) electrons. The summed E-state index contributed by atoms with van der Waals surface area (Å²) in [5.41, 5.74) is 11.4. The fraction of sp³-hybridized carbons (Fsp3) is 0.250. The van der Waals surface area contributed by atoms with Crippen LogP contribution in [-0.2, 0) is 22.4 Å². The second kappa shape index (κ2) is 13.9. The molecule has 194 valence electrons. The smallest absolute Gasteiger partial charge is 0.267 e. The van der Waals surface area contributed by atoms with Gasteiger partial charge in [0.2, 0.25) is 5.91 Å². The van der Waals surface area contributed by atoms with E-state index in [0.717, 1.165) is 35.2 Å². The third-order valence-electron chi connectivity index (χ3n) is 5.99. The maximum atomic E-state index is 12.3. The molecular formula is C28H33N5O4. The predicted octanol–water partition coefficient (Wildman–Crippen LogP) is 2.32. The molecule has 3 rings (SSSR count). The number of carbonyl (C=O) groups is 3. The van der Waals surface area contributed by atoms with Crippen molar-refractivity contribution in [1.29, 1.82) is 0 Å².